The largest absolute Gasteiger partial charge is 0.465 e. The fourth-order valence-corrected chi connectivity index (χ4v) is 2.35. The molecule has 2 rings (SSSR count). The second kappa shape index (κ2) is 16.5. The zero-order valence-electron chi connectivity index (χ0n) is 17.8. The topological polar surface area (TPSA) is 52.6 Å². The van der Waals surface area contributed by atoms with Crippen LogP contribution in [0.25, 0.3) is 0 Å². The van der Waals surface area contributed by atoms with Gasteiger partial charge in [0.2, 0.25) is 0 Å². The predicted molar refractivity (Wildman–Crippen MR) is 114 cm³/mol. The van der Waals surface area contributed by atoms with Crippen LogP contribution in [-0.2, 0) is 31.9 Å². The molecule has 0 aliphatic heterocycles. The molecule has 2 aromatic carbocycles. The number of rotatable bonds is 8. The Morgan fingerprint density at radius 1 is 0.786 bits per heavy atom. The normalized spacial score (nSPS) is 10.3. The molecule has 0 bridgehead atoms. The van der Waals surface area contributed by atoms with Gasteiger partial charge in [-0.2, -0.15) is 0 Å². The van der Waals surface area contributed by atoms with Crippen molar-refractivity contribution in [2.75, 3.05) is 6.61 Å². The fourth-order valence-electron chi connectivity index (χ4n) is 2.35. The molecule has 0 saturated heterocycles. The molecule has 0 aliphatic rings. The summed E-state index contributed by atoms with van der Waals surface area (Å²) in [5, 5.41) is 0. The average molecular weight is 387 g/mol. The van der Waals surface area contributed by atoms with Crippen LogP contribution in [0.1, 0.15) is 52.2 Å². The van der Waals surface area contributed by atoms with Gasteiger partial charge < -0.3 is 9.47 Å². The van der Waals surface area contributed by atoms with Crippen molar-refractivity contribution in [2.24, 2.45) is 0 Å². The summed E-state index contributed by atoms with van der Waals surface area (Å²) in [6, 6.07) is 19.5. The third-order valence-electron chi connectivity index (χ3n) is 3.48. The van der Waals surface area contributed by atoms with Gasteiger partial charge in [0.1, 0.15) is 12.5 Å². The summed E-state index contributed by atoms with van der Waals surface area (Å²) in [6.07, 6.45) is 0.618. The van der Waals surface area contributed by atoms with Crippen LogP contribution >= 0.6 is 0 Å². The van der Waals surface area contributed by atoms with Crippen LogP contribution in [0.15, 0.2) is 60.7 Å². The van der Waals surface area contributed by atoms with Gasteiger partial charge >= 0.3 is 11.9 Å². The lowest BCUT2D eigenvalue weighted by Crippen LogP contribution is -2.21. The number of benzene rings is 2. The van der Waals surface area contributed by atoms with E-state index in [9.17, 15) is 9.59 Å². The standard InChI is InChI=1S/C20H22O4.2C2H6/c1-16(14-18-10-6-3-7-11-18)24-20(22)15-19(21)23-13-12-17-8-4-2-5-9-17;2*1-2/h2-11,16H,12-15H2,1H3;2*1-2H3. The van der Waals surface area contributed by atoms with E-state index in [1.807, 2.05) is 95.3 Å². The molecule has 1 unspecified atom stereocenters. The molecule has 0 aromatic heterocycles. The molecule has 1 atom stereocenters. The van der Waals surface area contributed by atoms with Crippen molar-refractivity contribution in [1.29, 1.82) is 0 Å². The van der Waals surface area contributed by atoms with Crippen LogP contribution in [0.4, 0.5) is 0 Å². The second-order valence-corrected chi connectivity index (χ2v) is 5.62. The lowest BCUT2D eigenvalue weighted by atomic mass is 10.1. The highest BCUT2D eigenvalue weighted by atomic mass is 16.6. The molecule has 2 aromatic rings. The van der Waals surface area contributed by atoms with E-state index in [1.165, 1.54) is 0 Å². The quantitative estimate of drug-likeness (QED) is 0.451. The number of hydrogen-bond donors (Lipinski definition) is 0. The van der Waals surface area contributed by atoms with Crippen molar-refractivity contribution in [1.82, 2.24) is 0 Å². The summed E-state index contributed by atoms with van der Waals surface area (Å²) >= 11 is 0. The molecule has 0 spiro atoms. The first-order valence-electron chi connectivity index (χ1n) is 10.1. The van der Waals surface area contributed by atoms with Gasteiger partial charge in [0.05, 0.1) is 6.61 Å². The van der Waals surface area contributed by atoms with Gasteiger partial charge in [-0.15, -0.1) is 0 Å². The van der Waals surface area contributed by atoms with Crippen molar-refractivity contribution in [3.63, 3.8) is 0 Å². The summed E-state index contributed by atoms with van der Waals surface area (Å²) in [5.74, 6) is -1.11. The molecule has 0 radical (unpaired) electrons. The van der Waals surface area contributed by atoms with Gasteiger partial charge in [0.15, 0.2) is 0 Å². The van der Waals surface area contributed by atoms with Crippen LogP contribution in [0.5, 0.6) is 0 Å². The number of carbonyl (C=O) groups is 2. The molecule has 4 nitrogen and oxygen atoms in total. The molecule has 0 amide bonds. The van der Waals surface area contributed by atoms with Crippen LogP contribution in [0.3, 0.4) is 0 Å². The maximum Gasteiger partial charge on any atom is 0.317 e. The first kappa shape index (κ1) is 25.4. The number of hydrogen-bond acceptors (Lipinski definition) is 4. The van der Waals surface area contributed by atoms with E-state index in [0.29, 0.717) is 12.8 Å². The van der Waals surface area contributed by atoms with Gasteiger partial charge in [-0.1, -0.05) is 88.4 Å². The van der Waals surface area contributed by atoms with E-state index in [0.717, 1.165) is 11.1 Å². The highest BCUT2D eigenvalue weighted by Gasteiger charge is 2.15. The Morgan fingerprint density at radius 2 is 1.29 bits per heavy atom. The summed E-state index contributed by atoms with van der Waals surface area (Å²) in [5.41, 5.74) is 2.17. The molecular formula is C24H34O4. The lowest BCUT2D eigenvalue weighted by molar-refractivity contribution is -0.157. The van der Waals surface area contributed by atoms with Gasteiger partial charge in [-0.3, -0.25) is 9.59 Å². The van der Waals surface area contributed by atoms with Gasteiger partial charge in [0.25, 0.3) is 0 Å². The second-order valence-electron chi connectivity index (χ2n) is 5.62. The van der Waals surface area contributed by atoms with E-state index in [4.69, 9.17) is 9.47 Å². The average Bonchev–Trinajstić information content (AvgIpc) is 2.72. The van der Waals surface area contributed by atoms with Gasteiger partial charge in [-0.05, 0) is 18.1 Å². The highest BCUT2D eigenvalue weighted by Crippen LogP contribution is 2.07. The Bertz CT molecular complexity index is 638. The third-order valence-corrected chi connectivity index (χ3v) is 3.48. The Labute approximate surface area is 169 Å². The van der Waals surface area contributed by atoms with E-state index in [1.54, 1.807) is 0 Å². The van der Waals surface area contributed by atoms with Gasteiger partial charge in [-0.25, -0.2) is 0 Å². The highest BCUT2D eigenvalue weighted by molar-refractivity contribution is 5.91. The van der Waals surface area contributed by atoms with Crippen molar-refractivity contribution < 1.29 is 19.1 Å². The minimum Gasteiger partial charge on any atom is -0.465 e. The van der Waals surface area contributed by atoms with Crippen LogP contribution in [0.2, 0.25) is 0 Å². The molecule has 0 fully saturated rings. The minimum atomic E-state index is -0.553. The fraction of sp³-hybridized carbons (Fsp3) is 0.417. The Kier molecular flexibility index (Phi) is 15.0. The monoisotopic (exact) mass is 386 g/mol. The van der Waals surface area contributed by atoms with E-state index >= 15 is 0 Å². The van der Waals surface area contributed by atoms with E-state index in [-0.39, 0.29) is 19.1 Å². The molecule has 0 N–H and O–H groups in total. The number of carbonyl (C=O) groups excluding carboxylic acids is 2. The first-order chi connectivity index (χ1) is 13.6. The Morgan fingerprint density at radius 3 is 1.82 bits per heavy atom. The van der Waals surface area contributed by atoms with Crippen LogP contribution in [0, 0.1) is 0 Å². The van der Waals surface area contributed by atoms with E-state index < -0.39 is 11.9 Å². The number of ether oxygens (including phenoxy) is 2. The summed E-state index contributed by atoms with van der Waals surface area (Å²) < 4.78 is 10.3. The molecule has 0 aliphatic carbocycles. The zero-order chi connectivity index (χ0) is 21.2. The summed E-state index contributed by atoms with van der Waals surface area (Å²) in [4.78, 5) is 23.4. The molecule has 28 heavy (non-hydrogen) atoms. The summed E-state index contributed by atoms with van der Waals surface area (Å²) in [6.45, 7) is 10.1. The minimum absolute atomic E-state index is 0.260. The number of esters is 2. The van der Waals surface area contributed by atoms with Gasteiger partial charge in [0, 0.05) is 12.8 Å². The zero-order valence-corrected chi connectivity index (χ0v) is 17.8. The molecule has 0 saturated carbocycles. The van der Waals surface area contributed by atoms with Crippen molar-refractivity contribution in [3.05, 3.63) is 71.8 Å². The summed E-state index contributed by atoms with van der Waals surface area (Å²) in [7, 11) is 0. The smallest absolute Gasteiger partial charge is 0.317 e. The van der Waals surface area contributed by atoms with Crippen molar-refractivity contribution >= 4 is 11.9 Å². The lowest BCUT2D eigenvalue weighted by Gasteiger charge is -2.13. The van der Waals surface area contributed by atoms with Crippen LogP contribution in [-0.4, -0.2) is 24.6 Å². The first-order valence-corrected chi connectivity index (χ1v) is 10.1. The molecular weight excluding hydrogens is 352 g/mol. The molecule has 154 valence electrons. The van der Waals surface area contributed by atoms with Crippen molar-refractivity contribution in [3.8, 4) is 0 Å². The maximum absolute atomic E-state index is 11.8. The Hall–Kier alpha value is -2.62. The van der Waals surface area contributed by atoms with Crippen LogP contribution < -0.4 is 0 Å². The SMILES string of the molecule is CC.CC.CC(Cc1ccccc1)OC(=O)CC(=O)OCCc1ccccc1. The maximum atomic E-state index is 11.8. The van der Waals surface area contributed by atoms with Crippen molar-refractivity contribution in [2.45, 2.75) is 60.0 Å². The molecule has 4 heteroatoms. The molecule has 0 heterocycles. The predicted octanol–water partition coefficient (Wildman–Crippen LogP) is 5.39. The third kappa shape index (κ3) is 11.9. The van der Waals surface area contributed by atoms with E-state index in [2.05, 4.69) is 0 Å². The Balaban J connectivity index is 0.00000171.